The molecule has 1 saturated heterocycles. The molecule has 8 heteroatoms. The van der Waals surface area contributed by atoms with Crippen LogP contribution in [0.5, 0.6) is 11.5 Å². The van der Waals surface area contributed by atoms with Crippen molar-refractivity contribution in [3.8, 4) is 11.5 Å². The topological polar surface area (TPSA) is 84.9 Å². The number of carbonyl (C=O) groups is 3. The Labute approximate surface area is 172 Å². The van der Waals surface area contributed by atoms with Crippen molar-refractivity contribution in [1.29, 1.82) is 0 Å². The van der Waals surface area contributed by atoms with Crippen molar-refractivity contribution in [2.45, 2.75) is 45.1 Å². The molecule has 1 N–H and O–H groups in total. The molecule has 4 amide bonds. The van der Waals surface area contributed by atoms with Crippen LogP contribution < -0.4 is 14.8 Å². The zero-order chi connectivity index (χ0) is 20.3. The van der Waals surface area contributed by atoms with Gasteiger partial charge >= 0.3 is 6.03 Å². The highest BCUT2D eigenvalue weighted by atomic mass is 79.9. The van der Waals surface area contributed by atoms with E-state index in [0.717, 1.165) is 32.1 Å². The number of ether oxygens (including phenoxy) is 2. The summed E-state index contributed by atoms with van der Waals surface area (Å²) in [7, 11) is 1.54. The summed E-state index contributed by atoms with van der Waals surface area (Å²) in [5.41, 5.74) is 0.513. The van der Waals surface area contributed by atoms with E-state index in [0.29, 0.717) is 28.1 Å². The third kappa shape index (κ3) is 4.06. The first kappa shape index (κ1) is 20.4. The van der Waals surface area contributed by atoms with Crippen LogP contribution in [-0.2, 0) is 9.59 Å². The number of halogens is 1. The van der Waals surface area contributed by atoms with Gasteiger partial charge in [0.15, 0.2) is 11.5 Å². The van der Waals surface area contributed by atoms with E-state index in [1.807, 2.05) is 6.92 Å². The Balaban J connectivity index is 1.97. The third-order valence-corrected chi connectivity index (χ3v) is 5.64. The third-order valence-electron chi connectivity index (χ3n) is 4.96. The summed E-state index contributed by atoms with van der Waals surface area (Å²) in [6.45, 7) is 2.29. The standard InChI is InChI=1S/C20H23BrN2O5/c1-3-28-17-10-12(15(21)11-16(17)27-2)9-14-18(24)22-20(26)23(19(14)25)13-7-5-4-6-8-13/h9-11,13H,3-8H2,1-2H3,(H,22,24,26). The first-order valence-corrected chi connectivity index (χ1v) is 10.2. The van der Waals surface area contributed by atoms with E-state index < -0.39 is 17.8 Å². The lowest BCUT2D eigenvalue weighted by molar-refractivity contribution is -0.132. The molecule has 1 heterocycles. The van der Waals surface area contributed by atoms with Gasteiger partial charge in [-0.25, -0.2) is 4.79 Å². The van der Waals surface area contributed by atoms with E-state index in [-0.39, 0.29) is 11.6 Å². The summed E-state index contributed by atoms with van der Waals surface area (Å²) in [4.78, 5) is 38.9. The summed E-state index contributed by atoms with van der Waals surface area (Å²) in [5, 5.41) is 2.30. The van der Waals surface area contributed by atoms with Crippen LogP contribution in [-0.4, -0.2) is 42.5 Å². The average molecular weight is 451 g/mol. The molecular formula is C20H23BrN2O5. The highest BCUT2D eigenvalue weighted by Gasteiger charge is 2.40. The monoisotopic (exact) mass is 450 g/mol. The molecule has 7 nitrogen and oxygen atoms in total. The van der Waals surface area contributed by atoms with Crippen LogP contribution in [0.25, 0.3) is 6.08 Å². The lowest BCUT2D eigenvalue weighted by atomic mass is 9.93. The Morgan fingerprint density at radius 1 is 1.18 bits per heavy atom. The van der Waals surface area contributed by atoms with Gasteiger partial charge in [0.05, 0.1) is 13.7 Å². The molecule has 1 saturated carbocycles. The van der Waals surface area contributed by atoms with Crippen LogP contribution in [0.1, 0.15) is 44.6 Å². The highest BCUT2D eigenvalue weighted by molar-refractivity contribution is 9.10. The molecule has 0 atom stereocenters. The fourth-order valence-corrected chi connectivity index (χ4v) is 4.02. The van der Waals surface area contributed by atoms with Gasteiger partial charge in [-0.15, -0.1) is 0 Å². The van der Waals surface area contributed by atoms with Crippen LogP contribution in [0.15, 0.2) is 22.2 Å². The lowest BCUT2D eigenvalue weighted by Crippen LogP contribution is -2.58. The van der Waals surface area contributed by atoms with Crippen LogP contribution in [0.4, 0.5) is 4.79 Å². The minimum absolute atomic E-state index is 0.0708. The molecule has 1 aliphatic heterocycles. The largest absolute Gasteiger partial charge is 0.493 e. The fourth-order valence-electron chi connectivity index (χ4n) is 3.59. The molecule has 0 radical (unpaired) electrons. The molecule has 2 fully saturated rings. The van der Waals surface area contributed by atoms with Crippen molar-refractivity contribution in [3.63, 3.8) is 0 Å². The van der Waals surface area contributed by atoms with E-state index in [9.17, 15) is 14.4 Å². The lowest BCUT2D eigenvalue weighted by Gasteiger charge is -2.35. The van der Waals surface area contributed by atoms with Crippen LogP contribution in [0.3, 0.4) is 0 Å². The maximum atomic E-state index is 13.0. The number of nitrogens with zero attached hydrogens (tertiary/aromatic N) is 1. The molecule has 0 bridgehead atoms. The number of benzene rings is 1. The maximum Gasteiger partial charge on any atom is 0.331 e. The minimum atomic E-state index is -0.692. The second-order valence-corrected chi connectivity index (χ2v) is 7.60. The number of urea groups is 1. The SMILES string of the molecule is CCOc1cc(C=C2C(=O)NC(=O)N(C3CCCCC3)C2=O)c(Br)cc1OC. The van der Waals surface area contributed by atoms with E-state index >= 15 is 0 Å². The summed E-state index contributed by atoms with van der Waals surface area (Å²) in [6.07, 6.45) is 6.04. The van der Waals surface area contributed by atoms with Gasteiger partial charge < -0.3 is 9.47 Å². The molecule has 1 aromatic rings. The summed E-state index contributed by atoms with van der Waals surface area (Å²) in [6, 6.07) is 2.60. The minimum Gasteiger partial charge on any atom is -0.493 e. The maximum absolute atomic E-state index is 13.0. The van der Waals surface area contributed by atoms with Gasteiger partial charge in [-0.2, -0.15) is 0 Å². The normalized spacial score (nSPS) is 19.8. The summed E-state index contributed by atoms with van der Waals surface area (Å²) >= 11 is 3.44. The number of carbonyl (C=O) groups excluding carboxylic acids is 3. The molecule has 3 rings (SSSR count). The van der Waals surface area contributed by atoms with Crippen molar-refractivity contribution in [3.05, 3.63) is 27.7 Å². The van der Waals surface area contributed by atoms with Crippen LogP contribution in [0.2, 0.25) is 0 Å². The van der Waals surface area contributed by atoms with Gasteiger partial charge in [-0.05, 0) is 43.5 Å². The summed E-state index contributed by atoms with van der Waals surface area (Å²) in [5.74, 6) is -0.206. The first-order chi connectivity index (χ1) is 13.5. The van der Waals surface area contributed by atoms with Crippen molar-refractivity contribution in [2.24, 2.45) is 0 Å². The number of barbiturate groups is 1. The number of methoxy groups -OCH3 is 1. The zero-order valence-corrected chi connectivity index (χ0v) is 17.5. The van der Waals surface area contributed by atoms with Crippen molar-refractivity contribution < 1.29 is 23.9 Å². The molecule has 150 valence electrons. The molecule has 1 aromatic carbocycles. The number of nitrogens with one attached hydrogen (secondary N) is 1. The van der Waals surface area contributed by atoms with Crippen molar-refractivity contribution >= 4 is 39.9 Å². The van der Waals surface area contributed by atoms with Gasteiger partial charge in [0.2, 0.25) is 0 Å². The van der Waals surface area contributed by atoms with Crippen molar-refractivity contribution in [2.75, 3.05) is 13.7 Å². The molecule has 0 aromatic heterocycles. The van der Waals surface area contributed by atoms with Gasteiger partial charge in [-0.3, -0.25) is 19.8 Å². The van der Waals surface area contributed by atoms with Crippen molar-refractivity contribution in [1.82, 2.24) is 10.2 Å². The number of amides is 4. The van der Waals surface area contributed by atoms with Gasteiger partial charge in [-0.1, -0.05) is 35.2 Å². The molecule has 2 aliphatic rings. The van der Waals surface area contributed by atoms with Crippen LogP contribution >= 0.6 is 15.9 Å². The Morgan fingerprint density at radius 2 is 1.89 bits per heavy atom. The van der Waals surface area contributed by atoms with Gasteiger partial charge in [0.1, 0.15) is 5.57 Å². The van der Waals surface area contributed by atoms with E-state index in [2.05, 4.69) is 21.2 Å². The quantitative estimate of drug-likeness (QED) is 0.546. The molecule has 1 aliphatic carbocycles. The fraction of sp³-hybridized carbons (Fsp3) is 0.450. The van der Waals surface area contributed by atoms with Crippen LogP contribution in [0, 0.1) is 0 Å². The van der Waals surface area contributed by atoms with Gasteiger partial charge in [0.25, 0.3) is 11.8 Å². The van der Waals surface area contributed by atoms with Gasteiger partial charge in [0, 0.05) is 10.5 Å². The average Bonchev–Trinajstić information content (AvgIpc) is 2.68. The zero-order valence-electron chi connectivity index (χ0n) is 15.9. The number of hydrogen-bond acceptors (Lipinski definition) is 5. The smallest absolute Gasteiger partial charge is 0.331 e. The Hall–Kier alpha value is -2.35. The molecule has 0 spiro atoms. The van der Waals surface area contributed by atoms with E-state index in [1.54, 1.807) is 12.1 Å². The predicted octanol–water partition coefficient (Wildman–Crippen LogP) is 3.65. The van der Waals surface area contributed by atoms with E-state index in [4.69, 9.17) is 9.47 Å². The molecular weight excluding hydrogens is 428 g/mol. The number of hydrogen-bond donors (Lipinski definition) is 1. The Bertz CT molecular complexity index is 830. The number of rotatable bonds is 5. The second-order valence-electron chi connectivity index (χ2n) is 6.74. The highest BCUT2D eigenvalue weighted by Crippen LogP contribution is 2.35. The molecule has 28 heavy (non-hydrogen) atoms. The molecule has 0 unspecified atom stereocenters. The summed E-state index contributed by atoms with van der Waals surface area (Å²) < 4.78 is 11.5. The first-order valence-electron chi connectivity index (χ1n) is 9.37. The predicted molar refractivity (Wildman–Crippen MR) is 107 cm³/mol. The Morgan fingerprint density at radius 3 is 2.54 bits per heavy atom. The van der Waals surface area contributed by atoms with E-state index in [1.165, 1.54) is 18.1 Å². The second kappa shape index (κ2) is 8.77. The number of imide groups is 2. The Kier molecular flexibility index (Phi) is 6.39.